The van der Waals surface area contributed by atoms with Crippen molar-refractivity contribution in [2.45, 2.75) is 50.7 Å². The highest BCUT2D eigenvalue weighted by atomic mass is 16.2. The predicted octanol–water partition coefficient (Wildman–Crippen LogP) is 2.49. The van der Waals surface area contributed by atoms with Gasteiger partial charge in [0.05, 0.1) is 6.04 Å². The van der Waals surface area contributed by atoms with Gasteiger partial charge < -0.3 is 5.32 Å². The van der Waals surface area contributed by atoms with Gasteiger partial charge in [-0.2, -0.15) is 5.10 Å². The van der Waals surface area contributed by atoms with Gasteiger partial charge in [-0.05, 0) is 52.3 Å². The number of aryl methyl sites for hydroxylation is 1. The van der Waals surface area contributed by atoms with Crippen LogP contribution in [-0.2, 0) is 4.79 Å². The third kappa shape index (κ3) is 4.25. The Morgan fingerprint density at radius 2 is 1.88 bits per heavy atom. The van der Waals surface area contributed by atoms with Gasteiger partial charge >= 0.3 is 0 Å². The molecule has 1 aliphatic carbocycles. The van der Waals surface area contributed by atoms with Crippen LogP contribution in [0.2, 0.25) is 0 Å². The van der Waals surface area contributed by atoms with Crippen LogP contribution in [-0.4, -0.2) is 45.7 Å². The molecule has 1 N–H and O–H groups in total. The lowest BCUT2D eigenvalue weighted by molar-refractivity contribution is -0.126. The van der Waals surface area contributed by atoms with Crippen LogP contribution in [0, 0.1) is 6.92 Å². The molecule has 0 radical (unpaired) electrons. The van der Waals surface area contributed by atoms with Crippen molar-refractivity contribution in [1.29, 1.82) is 0 Å². The van der Waals surface area contributed by atoms with Gasteiger partial charge in [-0.25, -0.2) is 9.67 Å². The highest BCUT2D eigenvalue weighted by Gasteiger charge is 2.28. The number of carbonyl (C=O) groups excluding carboxylic acids is 1. The molecule has 0 saturated heterocycles. The summed E-state index contributed by atoms with van der Waals surface area (Å²) in [4.78, 5) is 18.9. The molecule has 1 aromatic heterocycles. The van der Waals surface area contributed by atoms with Crippen molar-refractivity contribution in [2.75, 3.05) is 14.1 Å². The van der Waals surface area contributed by atoms with Gasteiger partial charge in [0.15, 0.2) is 0 Å². The molecule has 2 aromatic rings. The standard InChI is InChI=1S/C19H27N5O/c1-14-4-6-15(7-5-14)18(23(2)3)19(25)22-16-8-10-17(11-9-16)24-13-20-12-21-24/h4-7,12-13,16-18H,8-11H2,1-3H3,(H,22,25). The maximum atomic E-state index is 12.9. The van der Waals surface area contributed by atoms with Gasteiger partial charge in [-0.3, -0.25) is 9.69 Å². The Balaban J connectivity index is 1.59. The molecule has 6 heteroatoms. The van der Waals surface area contributed by atoms with Crippen molar-refractivity contribution in [1.82, 2.24) is 25.0 Å². The summed E-state index contributed by atoms with van der Waals surface area (Å²) in [6.07, 6.45) is 7.35. The summed E-state index contributed by atoms with van der Waals surface area (Å²) >= 11 is 0. The Morgan fingerprint density at radius 3 is 2.44 bits per heavy atom. The molecule has 1 saturated carbocycles. The van der Waals surface area contributed by atoms with Crippen molar-refractivity contribution in [3.8, 4) is 0 Å². The summed E-state index contributed by atoms with van der Waals surface area (Å²) in [6.45, 7) is 2.06. The van der Waals surface area contributed by atoms with Gasteiger partial charge in [-0.15, -0.1) is 0 Å². The Labute approximate surface area is 149 Å². The van der Waals surface area contributed by atoms with Gasteiger partial charge in [-0.1, -0.05) is 29.8 Å². The molecule has 6 nitrogen and oxygen atoms in total. The number of likely N-dealkylation sites (N-methyl/N-ethyl adjacent to an activating group) is 1. The smallest absolute Gasteiger partial charge is 0.242 e. The number of nitrogens with zero attached hydrogens (tertiary/aromatic N) is 4. The molecule has 3 rings (SSSR count). The summed E-state index contributed by atoms with van der Waals surface area (Å²) in [5, 5.41) is 7.49. The normalized spacial score (nSPS) is 21.9. The zero-order chi connectivity index (χ0) is 17.8. The molecule has 1 heterocycles. The number of carbonyl (C=O) groups is 1. The molecule has 1 aliphatic rings. The van der Waals surface area contributed by atoms with Crippen LogP contribution in [0.25, 0.3) is 0 Å². The fraction of sp³-hybridized carbons (Fsp3) is 0.526. The number of amides is 1. The van der Waals surface area contributed by atoms with E-state index in [1.54, 1.807) is 12.7 Å². The molecule has 1 aromatic carbocycles. The third-order valence-electron chi connectivity index (χ3n) is 5.01. The predicted molar refractivity (Wildman–Crippen MR) is 97.1 cm³/mol. The largest absolute Gasteiger partial charge is 0.352 e. The van der Waals surface area contributed by atoms with Gasteiger partial charge in [0, 0.05) is 6.04 Å². The first-order valence-corrected chi connectivity index (χ1v) is 8.92. The fourth-order valence-corrected chi connectivity index (χ4v) is 3.60. The van der Waals surface area contributed by atoms with Crippen LogP contribution in [0.4, 0.5) is 0 Å². The Bertz CT molecular complexity index is 672. The van der Waals surface area contributed by atoms with Crippen LogP contribution >= 0.6 is 0 Å². The zero-order valence-electron chi connectivity index (χ0n) is 15.2. The van der Waals surface area contributed by atoms with Crippen molar-refractivity contribution in [3.63, 3.8) is 0 Å². The molecule has 0 aliphatic heterocycles. The topological polar surface area (TPSA) is 63.1 Å². The van der Waals surface area contributed by atoms with E-state index in [0.717, 1.165) is 31.2 Å². The SMILES string of the molecule is Cc1ccc(C(C(=O)NC2CCC(n3cncn3)CC2)N(C)C)cc1. The molecular formula is C19H27N5O. The Morgan fingerprint density at radius 1 is 1.20 bits per heavy atom. The van der Waals surface area contributed by atoms with E-state index in [1.165, 1.54) is 5.56 Å². The number of rotatable bonds is 5. The first-order chi connectivity index (χ1) is 12.0. The summed E-state index contributed by atoms with van der Waals surface area (Å²) in [5.41, 5.74) is 2.23. The molecule has 134 valence electrons. The van der Waals surface area contributed by atoms with Crippen LogP contribution in [0.3, 0.4) is 0 Å². The number of hydrogen-bond donors (Lipinski definition) is 1. The number of hydrogen-bond acceptors (Lipinski definition) is 4. The summed E-state index contributed by atoms with van der Waals surface area (Å²) in [6, 6.07) is 8.58. The zero-order valence-corrected chi connectivity index (χ0v) is 15.2. The van der Waals surface area contributed by atoms with E-state index in [-0.39, 0.29) is 18.0 Å². The summed E-state index contributed by atoms with van der Waals surface area (Å²) in [7, 11) is 3.90. The number of aromatic nitrogens is 3. The molecular weight excluding hydrogens is 314 g/mol. The lowest BCUT2D eigenvalue weighted by atomic mass is 9.91. The average Bonchev–Trinajstić information content (AvgIpc) is 3.12. The second-order valence-corrected chi connectivity index (χ2v) is 7.17. The van der Waals surface area contributed by atoms with E-state index in [4.69, 9.17) is 0 Å². The van der Waals surface area contributed by atoms with Gasteiger partial charge in [0.25, 0.3) is 0 Å². The Kier molecular flexibility index (Phi) is 5.48. The van der Waals surface area contributed by atoms with Crippen molar-refractivity contribution >= 4 is 5.91 Å². The van der Waals surface area contributed by atoms with Crippen LogP contribution in [0.5, 0.6) is 0 Å². The summed E-state index contributed by atoms with van der Waals surface area (Å²) < 4.78 is 1.94. The molecule has 0 bridgehead atoms. The van der Waals surface area contributed by atoms with Crippen LogP contribution in [0.15, 0.2) is 36.9 Å². The maximum absolute atomic E-state index is 12.9. The fourth-order valence-electron chi connectivity index (χ4n) is 3.60. The number of nitrogens with one attached hydrogen (secondary N) is 1. The average molecular weight is 341 g/mol. The molecule has 1 fully saturated rings. The van der Waals surface area contributed by atoms with E-state index >= 15 is 0 Å². The van der Waals surface area contributed by atoms with E-state index < -0.39 is 0 Å². The molecule has 1 amide bonds. The van der Waals surface area contributed by atoms with Crippen molar-refractivity contribution in [2.24, 2.45) is 0 Å². The minimum Gasteiger partial charge on any atom is -0.352 e. The van der Waals surface area contributed by atoms with Gasteiger partial charge in [0.2, 0.25) is 5.91 Å². The highest BCUT2D eigenvalue weighted by molar-refractivity contribution is 5.83. The van der Waals surface area contributed by atoms with E-state index in [9.17, 15) is 4.79 Å². The van der Waals surface area contributed by atoms with Crippen molar-refractivity contribution in [3.05, 3.63) is 48.0 Å². The second kappa shape index (κ2) is 7.78. The quantitative estimate of drug-likeness (QED) is 0.907. The number of benzene rings is 1. The molecule has 25 heavy (non-hydrogen) atoms. The maximum Gasteiger partial charge on any atom is 0.242 e. The molecule has 1 atom stereocenters. The summed E-state index contributed by atoms with van der Waals surface area (Å²) in [5.74, 6) is 0.0815. The lowest BCUT2D eigenvalue weighted by Gasteiger charge is -2.31. The first-order valence-electron chi connectivity index (χ1n) is 8.92. The van der Waals surface area contributed by atoms with E-state index in [1.807, 2.05) is 35.8 Å². The molecule has 0 spiro atoms. The van der Waals surface area contributed by atoms with Crippen LogP contribution in [0.1, 0.15) is 48.9 Å². The second-order valence-electron chi connectivity index (χ2n) is 7.17. The lowest BCUT2D eigenvalue weighted by Crippen LogP contribution is -2.44. The Hall–Kier alpha value is -2.21. The van der Waals surface area contributed by atoms with Crippen molar-refractivity contribution < 1.29 is 4.79 Å². The molecule has 1 unspecified atom stereocenters. The van der Waals surface area contributed by atoms with E-state index in [2.05, 4.69) is 34.5 Å². The third-order valence-corrected chi connectivity index (χ3v) is 5.01. The van der Waals surface area contributed by atoms with E-state index in [0.29, 0.717) is 6.04 Å². The van der Waals surface area contributed by atoms with Gasteiger partial charge in [0.1, 0.15) is 18.7 Å². The minimum atomic E-state index is -0.256. The van der Waals surface area contributed by atoms with Crippen LogP contribution < -0.4 is 5.32 Å². The minimum absolute atomic E-state index is 0.0815. The monoisotopic (exact) mass is 341 g/mol. The first kappa shape index (κ1) is 17.6. The highest BCUT2D eigenvalue weighted by Crippen LogP contribution is 2.28.